The number of nitrogens with one attached hydrogen (secondary N) is 1. The molecule has 2 unspecified atom stereocenters. The molecule has 3 rings (SSSR count). The zero-order valence-corrected chi connectivity index (χ0v) is 18.8. The number of rotatable bonds is 4. The summed E-state index contributed by atoms with van der Waals surface area (Å²) < 4.78 is 78.9. The van der Waals surface area contributed by atoms with E-state index in [-0.39, 0.29) is 23.5 Å². The molecule has 1 N–H and O–H groups in total. The Labute approximate surface area is 196 Å². The number of amides is 1. The molecule has 1 saturated heterocycles. The maximum Gasteiger partial charge on any atom is 0.416 e. The first-order valence-electron chi connectivity index (χ1n) is 9.96. The summed E-state index contributed by atoms with van der Waals surface area (Å²) in [5.74, 6) is -1.18. The molecule has 0 aliphatic carbocycles. The SMILES string of the molecule is CN(Cc1cc(C(F)(F)F)cc(C(F)(F)F)c1)C(=O)C1CCNCC1c1ccc(Cl)c(Cl)c1. The summed E-state index contributed by atoms with van der Waals surface area (Å²) in [4.78, 5) is 14.4. The number of hydrogen-bond donors (Lipinski definition) is 1. The molecule has 2 aromatic rings. The van der Waals surface area contributed by atoms with E-state index < -0.39 is 35.9 Å². The minimum atomic E-state index is -4.95. The number of carbonyl (C=O) groups is 1. The van der Waals surface area contributed by atoms with Gasteiger partial charge in [-0.25, -0.2) is 0 Å². The van der Waals surface area contributed by atoms with E-state index in [9.17, 15) is 31.1 Å². The monoisotopic (exact) mass is 512 g/mol. The highest BCUT2D eigenvalue weighted by Crippen LogP contribution is 2.37. The topological polar surface area (TPSA) is 32.3 Å². The number of benzene rings is 2. The highest BCUT2D eigenvalue weighted by atomic mass is 35.5. The van der Waals surface area contributed by atoms with Crippen LogP contribution < -0.4 is 5.32 Å². The molecule has 1 heterocycles. The summed E-state index contributed by atoms with van der Waals surface area (Å²) in [6.45, 7) is 0.609. The number of carbonyl (C=O) groups excluding carboxylic acids is 1. The Morgan fingerprint density at radius 3 is 2.15 bits per heavy atom. The molecule has 1 aliphatic heterocycles. The van der Waals surface area contributed by atoms with E-state index in [0.717, 1.165) is 10.5 Å². The van der Waals surface area contributed by atoms with Crippen LogP contribution in [0.2, 0.25) is 10.0 Å². The number of halogens is 8. The van der Waals surface area contributed by atoms with Gasteiger partial charge in [-0.3, -0.25) is 4.79 Å². The predicted octanol–water partition coefficient (Wildman–Crippen LogP) is 6.38. The molecule has 2 aromatic carbocycles. The molecule has 0 spiro atoms. The number of hydrogen-bond acceptors (Lipinski definition) is 2. The molecular formula is C22H20Cl2F6N2O. The molecule has 180 valence electrons. The molecule has 1 amide bonds. The van der Waals surface area contributed by atoms with Crippen LogP contribution in [0.4, 0.5) is 26.3 Å². The van der Waals surface area contributed by atoms with E-state index in [2.05, 4.69) is 5.32 Å². The van der Waals surface area contributed by atoms with Crippen LogP contribution in [-0.4, -0.2) is 30.9 Å². The van der Waals surface area contributed by atoms with Crippen molar-refractivity contribution in [1.29, 1.82) is 0 Å². The lowest BCUT2D eigenvalue weighted by molar-refractivity contribution is -0.143. The first-order valence-corrected chi connectivity index (χ1v) is 10.7. The zero-order valence-electron chi connectivity index (χ0n) is 17.3. The molecule has 11 heteroatoms. The highest BCUT2D eigenvalue weighted by molar-refractivity contribution is 6.42. The minimum Gasteiger partial charge on any atom is -0.341 e. The number of nitrogens with zero attached hydrogens (tertiary/aromatic N) is 1. The normalized spacial score (nSPS) is 19.4. The smallest absolute Gasteiger partial charge is 0.341 e. The van der Waals surface area contributed by atoms with Crippen LogP contribution in [0.25, 0.3) is 0 Å². The largest absolute Gasteiger partial charge is 0.416 e. The van der Waals surface area contributed by atoms with Crippen LogP contribution in [0.5, 0.6) is 0 Å². The summed E-state index contributed by atoms with van der Waals surface area (Å²) >= 11 is 12.1. The lowest BCUT2D eigenvalue weighted by Gasteiger charge is -2.34. The van der Waals surface area contributed by atoms with E-state index >= 15 is 0 Å². The van der Waals surface area contributed by atoms with Gasteiger partial charge in [-0.2, -0.15) is 26.3 Å². The molecule has 0 bridgehead atoms. The molecule has 1 fully saturated rings. The highest BCUT2D eigenvalue weighted by Gasteiger charge is 2.38. The minimum absolute atomic E-state index is 0.0679. The summed E-state index contributed by atoms with van der Waals surface area (Å²) in [7, 11) is 1.36. The molecule has 3 nitrogen and oxygen atoms in total. The third kappa shape index (κ3) is 6.13. The van der Waals surface area contributed by atoms with Crippen molar-refractivity contribution in [1.82, 2.24) is 10.2 Å². The van der Waals surface area contributed by atoms with Gasteiger partial charge in [0.05, 0.1) is 21.2 Å². The second kappa shape index (κ2) is 9.72. The molecule has 0 aromatic heterocycles. The Balaban J connectivity index is 1.86. The van der Waals surface area contributed by atoms with E-state index in [1.54, 1.807) is 18.2 Å². The van der Waals surface area contributed by atoms with Crippen molar-refractivity contribution >= 4 is 29.1 Å². The zero-order chi connectivity index (χ0) is 24.6. The van der Waals surface area contributed by atoms with Crippen molar-refractivity contribution in [2.24, 2.45) is 5.92 Å². The number of piperidine rings is 1. The Hall–Kier alpha value is -1.97. The van der Waals surface area contributed by atoms with Crippen LogP contribution in [-0.2, 0) is 23.7 Å². The van der Waals surface area contributed by atoms with E-state index in [4.69, 9.17) is 23.2 Å². The first kappa shape index (κ1) is 25.6. The molecule has 2 atom stereocenters. The fourth-order valence-electron chi connectivity index (χ4n) is 3.99. The van der Waals surface area contributed by atoms with Crippen molar-refractivity contribution in [3.8, 4) is 0 Å². The van der Waals surface area contributed by atoms with Crippen molar-refractivity contribution in [2.75, 3.05) is 20.1 Å². The Bertz CT molecular complexity index is 993. The predicted molar refractivity (Wildman–Crippen MR) is 113 cm³/mol. The van der Waals surface area contributed by atoms with Crippen molar-refractivity contribution < 1.29 is 31.1 Å². The Morgan fingerprint density at radius 1 is 1.00 bits per heavy atom. The summed E-state index contributed by atoms with van der Waals surface area (Å²) in [6.07, 6.45) is -9.45. The molecule has 0 radical (unpaired) electrons. The lowest BCUT2D eigenvalue weighted by atomic mass is 9.80. The molecule has 1 aliphatic rings. The maximum atomic E-state index is 13.2. The van der Waals surface area contributed by atoms with Crippen molar-refractivity contribution in [2.45, 2.75) is 31.2 Å². The number of alkyl halides is 6. The second-order valence-electron chi connectivity index (χ2n) is 7.99. The maximum absolute atomic E-state index is 13.2. The van der Waals surface area contributed by atoms with Crippen LogP contribution in [0, 0.1) is 5.92 Å². The van der Waals surface area contributed by atoms with Gasteiger partial charge in [0.2, 0.25) is 5.91 Å². The van der Waals surface area contributed by atoms with Gasteiger partial charge in [0.1, 0.15) is 0 Å². The fourth-order valence-corrected chi connectivity index (χ4v) is 4.30. The summed E-state index contributed by atoms with van der Waals surface area (Å²) in [6, 6.07) is 6.35. The van der Waals surface area contributed by atoms with E-state index in [1.807, 2.05) is 0 Å². The quantitative estimate of drug-likeness (QED) is 0.482. The summed E-state index contributed by atoms with van der Waals surface area (Å²) in [5, 5.41) is 3.87. The second-order valence-corrected chi connectivity index (χ2v) is 8.80. The van der Waals surface area contributed by atoms with Gasteiger partial charge in [0.15, 0.2) is 0 Å². The van der Waals surface area contributed by atoms with Crippen LogP contribution in [0.1, 0.15) is 34.6 Å². The third-order valence-corrected chi connectivity index (χ3v) is 6.35. The average molecular weight is 513 g/mol. The fraction of sp³-hybridized carbons (Fsp3) is 0.409. The molecule has 33 heavy (non-hydrogen) atoms. The van der Waals surface area contributed by atoms with E-state index in [0.29, 0.717) is 41.7 Å². The standard InChI is InChI=1S/C22H20Cl2F6N2O/c1-32(11-12-6-14(21(25,26)27)9-15(7-12)22(28,29)30)20(33)16-4-5-31-10-17(16)13-2-3-18(23)19(24)8-13/h2-3,6-9,16-17,31H,4-5,10-11H2,1H3. The van der Waals surface area contributed by atoms with Crippen molar-refractivity contribution in [3.05, 3.63) is 68.7 Å². The molecular weight excluding hydrogens is 493 g/mol. The van der Waals surface area contributed by atoms with Gasteiger partial charge in [-0.05, 0) is 54.4 Å². The van der Waals surface area contributed by atoms with Gasteiger partial charge < -0.3 is 10.2 Å². The molecule has 0 saturated carbocycles. The van der Waals surface area contributed by atoms with Crippen molar-refractivity contribution in [3.63, 3.8) is 0 Å². The average Bonchev–Trinajstić information content (AvgIpc) is 2.73. The third-order valence-electron chi connectivity index (χ3n) is 5.61. The van der Waals surface area contributed by atoms with Gasteiger partial charge in [0, 0.05) is 32.0 Å². The van der Waals surface area contributed by atoms with Gasteiger partial charge in [0.25, 0.3) is 0 Å². The van der Waals surface area contributed by atoms with Gasteiger partial charge in [-0.15, -0.1) is 0 Å². The lowest BCUT2D eigenvalue weighted by Crippen LogP contribution is -2.43. The van der Waals surface area contributed by atoms with Gasteiger partial charge in [-0.1, -0.05) is 29.3 Å². The Morgan fingerprint density at radius 2 is 1.61 bits per heavy atom. The van der Waals surface area contributed by atoms with Crippen LogP contribution >= 0.6 is 23.2 Å². The van der Waals surface area contributed by atoms with Crippen LogP contribution in [0.15, 0.2) is 36.4 Å². The summed E-state index contributed by atoms with van der Waals surface area (Å²) in [5.41, 5.74) is -2.32. The Kier molecular flexibility index (Phi) is 7.55. The van der Waals surface area contributed by atoms with Crippen LogP contribution in [0.3, 0.4) is 0 Å². The van der Waals surface area contributed by atoms with Gasteiger partial charge >= 0.3 is 12.4 Å². The first-order chi connectivity index (χ1) is 15.3. The van der Waals surface area contributed by atoms with E-state index in [1.165, 1.54) is 7.05 Å².